The lowest BCUT2D eigenvalue weighted by molar-refractivity contribution is 0.417. The maximum atomic E-state index is 5.71. The average molecular weight is 376 g/mol. The number of methoxy groups -OCH3 is 2. The average Bonchev–Trinajstić information content (AvgIpc) is 2.62. The predicted molar refractivity (Wildman–Crippen MR) is 114 cm³/mol. The molecule has 0 atom stereocenters. The minimum Gasteiger partial charge on any atom is -0.496 e. The van der Waals surface area contributed by atoms with Crippen molar-refractivity contribution in [3.05, 3.63) is 48.5 Å². The van der Waals surface area contributed by atoms with Crippen molar-refractivity contribution in [2.24, 2.45) is 0 Å². The molecule has 0 bridgehead atoms. The smallest absolute Gasteiger partial charge is 0.126 e. The zero-order valence-corrected chi connectivity index (χ0v) is 18.0. The van der Waals surface area contributed by atoms with Crippen LogP contribution in [0.15, 0.2) is 48.5 Å². The lowest BCUT2D eigenvalue weighted by Gasteiger charge is -2.32. The van der Waals surface area contributed by atoms with Crippen molar-refractivity contribution in [2.75, 3.05) is 20.1 Å². The van der Waals surface area contributed by atoms with Crippen LogP contribution in [0, 0.1) is 0 Å². The molecule has 0 aromatic heterocycles. The lowest BCUT2D eigenvalue weighted by Crippen LogP contribution is -2.19. The summed E-state index contributed by atoms with van der Waals surface area (Å²) in [5, 5.41) is 2.64. The topological polar surface area (TPSA) is 18.5 Å². The van der Waals surface area contributed by atoms with Crippen LogP contribution in [0.5, 0.6) is 11.5 Å². The molecule has 0 unspecified atom stereocenters. The van der Waals surface area contributed by atoms with Gasteiger partial charge in [0.2, 0.25) is 0 Å². The van der Waals surface area contributed by atoms with Gasteiger partial charge in [-0.1, -0.05) is 72.0 Å². The molecule has 0 N–H and O–H groups in total. The lowest BCUT2D eigenvalue weighted by atomic mass is 10.3. The molecule has 0 aliphatic heterocycles. The number of rotatable bonds is 8. The summed E-state index contributed by atoms with van der Waals surface area (Å²) in [6.07, 6.45) is 0. The molecule has 0 heterocycles. The van der Waals surface area contributed by atoms with Crippen LogP contribution >= 0.6 is 15.8 Å². The summed E-state index contributed by atoms with van der Waals surface area (Å²) >= 11 is 0. The minimum atomic E-state index is -0.530. The molecule has 136 valence electrons. The molecule has 0 spiro atoms. The van der Waals surface area contributed by atoms with Crippen LogP contribution in [0.4, 0.5) is 0 Å². The second-order valence-electron chi connectivity index (χ2n) is 6.61. The van der Waals surface area contributed by atoms with E-state index in [1.54, 1.807) is 14.2 Å². The van der Waals surface area contributed by atoms with Crippen molar-refractivity contribution in [3.63, 3.8) is 0 Å². The molecule has 0 aliphatic rings. The van der Waals surface area contributed by atoms with E-state index in [-0.39, 0.29) is 7.92 Å². The molecule has 2 aromatic carbocycles. The normalized spacial score (nSPS) is 11.6. The SMILES string of the molecule is COc1ccccc1P(CP(C(C)C)C(C)C)c1ccccc1OC. The Hall–Kier alpha value is -1.10. The van der Waals surface area contributed by atoms with Gasteiger partial charge in [-0.05, 0) is 37.3 Å². The Bertz CT molecular complexity index is 615. The van der Waals surface area contributed by atoms with E-state index < -0.39 is 7.92 Å². The van der Waals surface area contributed by atoms with Gasteiger partial charge in [0.15, 0.2) is 0 Å². The third-order valence-corrected chi connectivity index (χ3v) is 11.4. The zero-order valence-electron chi connectivity index (χ0n) is 16.2. The number of para-hydroxylation sites is 2. The Morgan fingerprint density at radius 1 is 0.720 bits per heavy atom. The summed E-state index contributed by atoms with van der Waals surface area (Å²) in [5.41, 5.74) is 1.42. The van der Waals surface area contributed by atoms with E-state index in [0.717, 1.165) is 11.5 Å². The van der Waals surface area contributed by atoms with E-state index in [4.69, 9.17) is 9.47 Å². The van der Waals surface area contributed by atoms with Crippen molar-refractivity contribution in [3.8, 4) is 11.5 Å². The first-order valence-electron chi connectivity index (χ1n) is 8.78. The first-order valence-corrected chi connectivity index (χ1v) is 12.0. The van der Waals surface area contributed by atoms with E-state index in [1.165, 1.54) is 16.5 Å². The quantitative estimate of drug-likeness (QED) is 0.575. The fourth-order valence-electron chi connectivity index (χ4n) is 3.07. The summed E-state index contributed by atoms with van der Waals surface area (Å²) in [6.45, 7) is 9.46. The van der Waals surface area contributed by atoms with Crippen LogP contribution in [0.3, 0.4) is 0 Å². The van der Waals surface area contributed by atoms with Crippen LogP contribution in [0.1, 0.15) is 27.7 Å². The van der Waals surface area contributed by atoms with Gasteiger partial charge in [0, 0.05) is 10.6 Å². The molecule has 0 saturated carbocycles. The van der Waals surface area contributed by atoms with Crippen molar-refractivity contribution < 1.29 is 9.47 Å². The largest absolute Gasteiger partial charge is 0.496 e. The highest BCUT2D eigenvalue weighted by Crippen LogP contribution is 2.57. The van der Waals surface area contributed by atoms with Gasteiger partial charge in [-0.25, -0.2) is 0 Å². The second kappa shape index (κ2) is 9.56. The van der Waals surface area contributed by atoms with E-state index in [2.05, 4.69) is 64.1 Å². The van der Waals surface area contributed by atoms with Gasteiger partial charge in [-0.2, -0.15) is 0 Å². The standard InChI is InChI=1S/C21H30O2P2/c1-16(2)24(17(3)4)15-25(20-13-9-7-11-18(20)22-5)21-14-10-8-12-19(21)23-6/h7-14,16-17H,15H2,1-6H3. The Balaban J connectivity index is 2.55. The van der Waals surface area contributed by atoms with E-state index >= 15 is 0 Å². The Morgan fingerprint density at radius 2 is 1.12 bits per heavy atom. The molecule has 2 rings (SSSR count). The first-order chi connectivity index (χ1) is 12.0. The monoisotopic (exact) mass is 376 g/mol. The zero-order chi connectivity index (χ0) is 18.4. The maximum Gasteiger partial charge on any atom is 0.126 e. The molecule has 0 radical (unpaired) electrons. The minimum absolute atomic E-state index is 0.0824. The molecule has 2 nitrogen and oxygen atoms in total. The van der Waals surface area contributed by atoms with Gasteiger partial charge in [0.05, 0.1) is 14.2 Å². The van der Waals surface area contributed by atoms with Crippen molar-refractivity contribution in [1.29, 1.82) is 0 Å². The van der Waals surface area contributed by atoms with E-state index in [9.17, 15) is 0 Å². The van der Waals surface area contributed by atoms with Crippen molar-refractivity contribution in [2.45, 2.75) is 39.0 Å². The highest BCUT2D eigenvalue weighted by atomic mass is 31.2. The van der Waals surface area contributed by atoms with Gasteiger partial charge in [0.25, 0.3) is 0 Å². The van der Waals surface area contributed by atoms with Crippen LogP contribution in [-0.2, 0) is 0 Å². The van der Waals surface area contributed by atoms with E-state index in [0.29, 0.717) is 11.3 Å². The summed E-state index contributed by atoms with van der Waals surface area (Å²) in [5.74, 6) is 3.18. The highest BCUT2D eigenvalue weighted by Gasteiger charge is 2.27. The van der Waals surface area contributed by atoms with Crippen LogP contribution < -0.4 is 20.1 Å². The van der Waals surface area contributed by atoms with Gasteiger partial charge < -0.3 is 9.47 Å². The summed E-state index contributed by atoms with van der Waals surface area (Å²) in [7, 11) is 2.92. The van der Waals surface area contributed by atoms with Crippen molar-refractivity contribution >= 4 is 26.5 Å². The second-order valence-corrected chi connectivity index (χ2v) is 12.7. The third-order valence-electron chi connectivity index (χ3n) is 4.38. The van der Waals surface area contributed by atoms with Gasteiger partial charge in [-0.15, -0.1) is 0 Å². The molecule has 0 aliphatic carbocycles. The number of hydrogen-bond acceptors (Lipinski definition) is 2. The first kappa shape index (κ1) is 20.2. The Morgan fingerprint density at radius 3 is 1.48 bits per heavy atom. The van der Waals surface area contributed by atoms with Gasteiger partial charge in [-0.3, -0.25) is 0 Å². The molecule has 2 aromatic rings. The summed E-state index contributed by atoms with van der Waals surface area (Å²) in [6, 6.07) is 16.9. The van der Waals surface area contributed by atoms with Crippen LogP contribution in [0.2, 0.25) is 0 Å². The molecular weight excluding hydrogens is 346 g/mol. The van der Waals surface area contributed by atoms with Crippen LogP contribution in [0.25, 0.3) is 0 Å². The number of benzene rings is 2. The molecule has 0 saturated heterocycles. The fraction of sp³-hybridized carbons (Fsp3) is 0.429. The Kier molecular flexibility index (Phi) is 7.73. The van der Waals surface area contributed by atoms with Crippen molar-refractivity contribution in [1.82, 2.24) is 0 Å². The fourth-order valence-corrected chi connectivity index (χ4v) is 11.1. The highest BCUT2D eigenvalue weighted by molar-refractivity contribution is 7.83. The van der Waals surface area contributed by atoms with Gasteiger partial charge in [0.1, 0.15) is 11.5 Å². The summed E-state index contributed by atoms with van der Waals surface area (Å²) in [4.78, 5) is 0. The maximum absolute atomic E-state index is 5.71. The molecule has 0 fully saturated rings. The van der Waals surface area contributed by atoms with E-state index in [1.807, 2.05) is 12.1 Å². The van der Waals surface area contributed by atoms with Crippen LogP contribution in [-0.4, -0.2) is 31.4 Å². The number of hydrogen-bond donors (Lipinski definition) is 0. The molecular formula is C21H30O2P2. The molecule has 0 amide bonds. The van der Waals surface area contributed by atoms with Gasteiger partial charge >= 0.3 is 0 Å². The predicted octanol–water partition coefficient (Wildman–Crippen LogP) is 5.39. The number of ether oxygens (including phenoxy) is 2. The molecule has 25 heavy (non-hydrogen) atoms. The Labute approximate surface area is 155 Å². The third kappa shape index (κ3) is 4.96. The summed E-state index contributed by atoms with van der Waals surface area (Å²) < 4.78 is 11.4. The molecule has 4 heteroatoms.